The maximum atomic E-state index is 2.39. The Balaban J connectivity index is 1.35. The smallest absolute Gasteiger partial charge is 0.0214 e. The van der Waals surface area contributed by atoms with Crippen molar-refractivity contribution in [3.05, 3.63) is 119 Å². The van der Waals surface area contributed by atoms with Crippen LogP contribution in [0.3, 0.4) is 0 Å². The van der Waals surface area contributed by atoms with Gasteiger partial charge in [0.1, 0.15) is 0 Å². The molecule has 0 saturated heterocycles. The Labute approximate surface area is 174 Å². The largest absolute Gasteiger partial charge is 0.0622 e. The van der Waals surface area contributed by atoms with Crippen LogP contribution >= 0.6 is 0 Å². The van der Waals surface area contributed by atoms with Crippen LogP contribution in [0.4, 0.5) is 0 Å². The highest BCUT2D eigenvalue weighted by atomic mass is 14.6. The molecule has 0 nitrogen and oxygen atoms in total. The molecule has 6 aromatic carbocycles. The van der Waals surface area contributed by atoms with Crippen LogP contribution in [0.1, 0.15) is 34.1 Å². The molecular formula is C30H18. The lowest BCUT2D eigenvalue weighted by molar-refractivity contribution is 0.734. The van der Waals surface area contributed by atoms with E-state index in [0.717, 1.165) is 0 Å². The first-order valence-electron chi connectivity index (χ1n) is 10.8. The van der Waals surface area contributed by atoms with Crippen LogP contribution in [-0.4, -0.2) is 0 Å². The second-order valence-corrected chi connectivity index (χ2v) is 8.86. The number of hydrogen-bond donors (Lipinski definition) is 0. The summed E-state index contributed by atoms with van der Waals surface area (Å²) in [7, 11) is 0. The van der Waals surface area contributed by atoms with Crippen molar-refractivity contribution < 1.29 is 0 Å². The molecule has 0 saturated carbocycles. The first-order valence-corrected chi connectivity index (χ1v) is 10.8. The minimum absolute atomic E-state index is 0.511. The Morgan fingerprint density at radius 1 is 0.433 bits per heavy atom. The van der Waals surface area contributed by atoms with E-state index in [2.05, 4.69) is 97.1 Å². The van der Waals surface area contributed by atoms with Gasteiger partial charge in [-0.15, -0.1) is 0 Å². The zero-order valence-electron chi connectivity index (χ0n) is 16.4. The minimum Gasteiger partial charge on any atom is -0.0622 e. The van der Waals surface area contributed by atoms with Gasteiger partial charge in [-0.3, -0.25) is 0 Å². The van der Waals surface area contributed by atoms with E-state index in [1.165, 1.54) is 49.0 Å². The van der Waals surface area contributed by atoms with Gasteiger partial charge in [-0.1, -0.05) is 97.1 Å². The fourth-order valence-electron chi connectivity index (χ4n) is 6.17. The van der Waals surface area contributed by atoms with E-state index in [1.807, 2.05) is 0 Å². The molecule has 8 rings (SSSR count). The van der Waals surface area contributed by atoms with Crippen molar-refractivity contribution in [2.45, 2.75) is 11.8 Å². The van der Waals surface area contributed by atoms with Crippen molar-refractivity contribution in [1.29, 1.82) is 0 Å². The molecule has 2 aliphatic rings. The van der Waals surface area contributed by atoms with Crippen molar-refractivity contribution in [3.8, 4) is 11.1 Å². The zero-order chi connectivity index (χ0) is 19.4. The van der Waals surface area contributed by atoms with Crippen LogP contribution in [0.15, 0.2) is 97.1 Å². The van der Waals surface area contributed by atoms with E-state index in [1.54, 1.807) is 16.7 Å². The van der Waals surface area contributed by atoms with Gasteiger partial charge in [0.25, 0.3) is 0 Å². The maximum Gasteiger partial charge on any atom is 0.0214 e. The second kappa shape index (κ2) is 5.09. The summed E-state index contributed by atoms with van der Waals surface area (Å²) in [5.74, 6) is 1.13. The van der Waals surface area contributed by atoms with Crippen LogP contribution in [0.5, 0.6) is 0 Å². The second-order valence-electron chi connectivity index (χ2n) is 8.86. The van der Waals surface area contributed by atoms with Crippen LogP contribution < -0.4 is 0 Å². The number of rotatable bonds is 2. The van der Waals surface area contributed by atoms with Gasteiger partial charge in [0.15, 0.2) is 0 Å². The molecule has 0 N–H and O–H groups in total. The van der Waals surface area contributed by atoms with Crippen LogP contribution in [0.25, 0.3) is 43.4 Å². The first kappa shape index (κ1) is 15.2. The molecule has 0 heterocycles. The third kappa shape index (κ3) is 1.70. The van der Waals surface area contributed by atoms with Gasteiger partial charge < -0.3 is 0 Å². The van der Waals surface area contributed by atoms with Crippen molar-refractivity contribution in [2.75, 3.05) is 0 Å². The molecule has 0 aliphatic heterocycles. The third-order valence-electron chi connectivity index (χ3n) is 7.51. The van der Waals surface area contributed by atoms with E-state index in [9.17, 15) is 0 Å². The monoisotopic (exact) mass is 378 g/mol. The van der Waals surface area contributed by atoms with Gasteiger partial charge in [-0.2, -0.15) is 0 Å². The Morgan fingerprint density at radius 3 is 1.97 bits per heavy atom. The van der Waals surface area contributed by atoms with E-state index in [0.29, 0.717) is 11.8 Å². The lowest BCUT2D eigenvalue weighted by Gasteiger charge is -2.26. The van der Waals surface area contributed by atoms with E-state index < -0.39 is 0 Å². The Bertz CT molecular complexity index is 1620. The maximum absolute atomic E-state index is 2.39. The number of benzene rings is 6. The molecular weight excluding hydrogens is 360 g/mol. The van der Waals surface area contributed by atoms with Gasteiger partial charge in [-0.05, 0) is 65.7 Å². The van der Waals surface area contributed by atoms with Crippen LogP contribution in [-0.2, 0) is 0 Å². The fourth-order valence-corrected chi connectivity index (χ4v) is 6.17. The molecule has 0 aromatic heterocycles. The Kier molecular flexibility index (Phi) is 2.59. The van der Waals surface area contributed by atoms with Crippen molar-refractivity contribution in [3.63, 3.8) is 0 Å². The summed E-state index contributed by atoms with van der Waals surface area (Å²) in [5.41, 5.74) is 9.03. The minimum atomic E-state index is 0.511. The third-order valence-corrected chi connectivity index (χ3v) is 7.51. The molecule has 2 atom stereocenters. The molecule has 0 fully saturated rings. The molecule has 0 radical (unpaired) electrons. The predicted octanol–water partition coefficient (Wildman–Crippen LogP) is 7.84. The summed E-state index contributed by atoms with van der Waals surface area (Å²) >= 11 is 0. The number of fused-ring (bicyclic) bond motifs is 1. The van der Waals surface area contributed by atoms with Crippen LogP contribution in [0.2, 0.25) is 0 Å². The lowest BCUT2D eigenvalue weighted by atomic mass is 9.76. The van der Waals surface area contributed by atoms with Crippen molar-refractivity contribution in [2.24, 2.45) is 0 Å². The Morgan fingerprint density at radius 2 is 1.13 bits per heavy atom. The molecule has 138 valence electrons. The Hall–Kier alpha value is -3.64. The highest BCUT2D eigenvalue weighted by molar-refractivity contribution is 6.23. The zero-order valence-corrected chi connectivity index (χ0v) is 16.4. The standard InChI is InChI=1S/C30H18/c1-2-5-17(6-3-1)21-15-16-24-27(30-28(21)29(24)30)23-14-12-20-10-9-18-7-4-8-19-11-13-22(23)26(20)25(18)19/h1-16,27,30H. The number of hydrogen-bond acceptors (Lipinski definition) is 0. The fraction of sp³-hybridized carbons (Fsp3) is 0.0667. The molecule has 0 heteroatoms. The van der Waals surface area contributed by atoms with Gasteiger partial charge in [0.05, 0.1) is 0 Å². The van der Waals surface area contributed by atoms with Crippen LogP contribution in [0, 0.1) is 0 Å². The van der Waals surface area contributed by atoms with E-state index >= 15 is 0 Å². The first-order chi connectivity index (χ1) is 14.9. The van der Waals surface area contributed by atoms with Crippen molar-refractivity contribution >= 4 is 32.3 Å². The predicted molar refractivity (Wildman–Crippen MR) is 126 cm³/mol. The molecule has 2 aliphatic carbocycles. The quantitative estimate of drug-likeness (QED) is 0.269. The average Bonchev–Trinajstić information content (AvgIpc) is 3.50. The highest BCUT2D eigenvalue weighted by Gasteiger charge is 2.54. The van der Waals surface area contributed by atoms with Gasteiger partial charge >= 0.3 is 0 Å². The van der Waals surface area contributed by atoms with Crippen molar-refractivity contribution in [1.82, 2.24) is 0 Å². The molecule has 2 unspecified atom stereocenters. The summed E-state index contributed by atoms with van der Waals surface area (Å²) in [4.78, 5) is 0. The highest BCUT2D eigenvalue weighted by Crippen LogP contribution is 2.70. The molecule has 30 heavy (non-hydrogen) atoms. The van der Waals surface area contributed by atoms with E-state index in [4.69, 9.17) is 0 Å². The molecule has 0 spiro atoms. The summed E-state index contributed by atoms with van der Waals surface area (Å²) in [6.07, 6.45) is 0. The van der Waals surface area contributed by atoms with E-state index in [-0.39, 0.29) is 0 Å². The SMILES string of the molecule is c1ccc(-c2ccc3c4c2C4C3c2ccc3ccc4cccc5ccc2c3c45)cc1. The lowest BCUT2D eigenvalue weighted by Crippen LogP contribution is -2.11. The molecule has 0 amide bonds. The average molecular weight is 378 g/mol. The normalized spacial score (nSPS) is 18.7. The summed E-state index contributed by atoms with van der Waals surface area (Å²) in [6.45, 7) is 0. The van der Waals surface area contributed by atoms with Gasteiger partial charge in [-0.25, -0.2) is 0 Å². The summed E-state index contributed by atoms with van der Waals surface area (Å²) < 4.78 is 0. The summed E-state index contributed by atoms with van der Waals surface area (Å²) in [5, 5.41) is 8.33. The topological polar surface area (TPSA) is 0 Å². The molecule has 0 bridgehead atoms. The van der Waals surface area contributed by atoms with Gasteiger partial charge in [0, 0.05) is 11.8 Å². The molecule has 6 aromatic rings. The summed E-state index contributed by atoms with van der Waals surface area (Å²) in [6, 6.07) is 36.2. The van der Waals surface area contributed by atoms with Gasteiger partial charge in [0.2, 0.25) is 0 Å².